The Morgan fingerprint density at radius 3 is 2.76 bits per heavy atom. The predicted octanol–water partition coefficient (Wildman–Crippen LogP) is 1.87. The fraction of sp³-hybridized carbons (Fsp3) is 0.562. The summed E-state index contributed by atoms with van der Waals surface area (Å²) < 4.78 is 18.9. The van der Waals surface area contributed by atoms with Crippen molar-refractivity contribution in [3.05, 3.63) is 35.6 Å². The van der Waals surface area contributed by atoms with E-state index in [0.29, 0.717) is 13.1 Å². The molecule has 0 aliphatic carbocycles. The van der Waals surface area contributed by atoms with Crippen molar-refractivity contribution in [1.82, 2.24) is 10.2 Å². The van der Waals surface area contributed by atoms with E-state index in [1.54, 1.807) is 12.1 Å². The van der Waals surface area contributed by atoms with Gasteiger partial charge in [0, 0.05) is 6.54 Å². The Morgan fingerprint density at radius 1 is 1.33 bits per heavy atom. The number of rotatable bonds is 2. The van der Waals surface area contributed by atoms with Crippen molar-refractivity contribution in [2.75, 3.05) is 19.6 Å². The summed E-state index contributed by atoms with van der Waals surface area (Å²) in [7, 11) is 0. The molecule has 0 saturated carbocycles. The normalized spacial score (nSPS) is 29.6. The molecule has 0 radical (unpaired) electrons. The molecule has 2 heterocycles. The third-order valence-corrected chi connectivity index (χ3v) is 4.17. The molecular formula is C16H21FN2O2. The first-order valence-electron chi connectivity index (χ1n) is 7.56. The molecule has 2 aliphatic heterocycles. The zero-order chi connectivity index (χ0) is 14.8. The van der Waals surface area contributed by atoms with E-state index >= 15 is 0 Å². The van der Waals surface area contributed by atoms with Crippen LogP contribution in [-0.2, 0) is 9.53 Å². The molecule has 2 fully saturated rings. The van der Waals surface area contributed by atoms with E-state index in [-0.39, 0.29) is 30.0 Å². The Labute approximate surface area is 124 Å². The molecule has 0 spiro atoms. The van der Waals surface area contributed by atoms with Gasteiger partial charge in [0.25, 0.3) is 0 Å². The van der Waals surface area contributed by atoms with Gasteiger partial charge in [0.05, 0.1) is 18.7 Å². The van der Waals surface area contributed by atoms with Crippen LogP contribution < -0.4 is 5.32 Å². The van der Waals surface area contributed by atoms with Gasteiger partial charge in [-0.3, -0.25) is 4.79 Å². The van der Waals surface area contributed by atoms with Crippen molar-refractivity contribution in [2.24, 2.45) is 0 Å². The third kappa shape index (κ3) is 3.24. The van der Waals surface area contributed by atoms with Crippen LogP contribution in [0.4, 0.5) is 4.39 Å². The van der Waals surface area contributed by atoms with E-state index in [9.17, 15) is 9.18 Å². The van der Waals surface area contributed by atoms with Gasteiger partial charge in [-0.25, -0.2) is 4.39 Å². The first-order chi connectivity index (χ1) is 10.1. The maximum Gasteiger partial charge on any atom is 0.239 e. The molecular weight excluding hydrogens is 271 g/mol. The Hall–Kier alpha value is -1.46. The molecule has 4 nitrogen and oxygen atoms in total. The number of benzene rings is 1. The lowest BCUT2D eigenvalue weighted by atomic mass is 10.1. The summed E-state index contributed by atoms with van der Waals surface area (Å²) in [6.07, 6.45) is 1.77. The molecule has 3 rings (SSSR count). The summed E-state index contributed by atoms with van der Waals surface area (Å²) in [4.78, 5) is 14.4. The molecule has 1 aromatic carbocycles. The van der Waals surface area contributed by atoms with Gasteiger partial charge in [0.2, 0.25) is 5.91 Å². The first kappa shape index (κ1) is 14.5. The summed E-state index contributed by atoms with van der Waals surface area (Å²) in [5.41, 5.74) is 0.917. The zero-order valence-electron chi connectivity index (χ0n) is 12.2. The zero-order valence-corrected chi connectivity index (χ0v) is 12.2. The summed E-state index contributed by atoms with van der Waals surface area (Å²) in [6, 6.07) is 6.28. The van der Waals surface area contributed by atoms with E-state index in [1.165, 1.54) is 12.1 Å². The quantitative estimate of drug-likeness (QED) is 0.905. The number of carbonyl (C=O) groups is 1. The predicted molar refractivity (Wildman–Crippen MR) is 77.3 cm³/mol. The lowest BCUT2D eigenvalue weighted by Crippen LogP contribution is -2.51. The van der Waals surface area contributed by atoms with Gasteiger partial charge in [0.1, 0.15) is 11.9 Å². The van der Waals surface area contributed by atoms with Gasteiger partial charge < -0.3 is 15.0 Å². The van der Waals surface area contributed by atoms with Gasteiger partial charge in [-0.05, 0) is 44.0 Å². The number of halogens is 1. The lowest BCUT2D eigenvalue weighted by Gasteiger charge is -2.38. The van der Waals surface area contributed by atoms with E-state index in [0.717, 1.165) is 24.9 Å². The maximum atomic E-state index is 13.0. The number of amides is 1. The smallest absolute Gasteiger partial charge is 0.239 e. The maximum absolute atomic E-state index is 13.0. The van der Waals surface area contributed by atoms with Gasteiger partial charge >= 0.3 is 0 Å². The largest absolute Gasteiger partial charge is 0.367 e. The minimum Gasteiger partial charge on any atom is -0.367 e. The Morgan fingerprint density at radius 2 is 2.10 bits per heavy atom. The van der Waals surface area contributed by atoms with Crippen LogP contribution in [0, 0.1) is 5.82 Å². The Balaban J connectivity index is 1.71. The van der Waals surface area contributed by atoms with E-state index < -0.39 is 0 Å². The number of hydrogen-bond donors (Lipinski definition) is 1. The first-order valence-corrected chi connectivity index (χ1v) is 7.56. The van der Waals surface area contributed by atoms with Crippen LogP contribution in [0.15, 0.2) is 24.3 Å². The second-order valence-electron chi connectivity index (χ2n) is 5.88. The van der Waals surface area contributed by atoms with E-state index in [4.69, 9.17) is 4.74 Å². The molecule has 0 bridgehead atoms. The Kier molecular flexibility index (Phi) is 4.22. The topological polar surface area (TPSA) is 41.6 Å². The summed E-state index contributed by atoms with van der Waals surface area (Å²) >= 11 is 0. The monoisotopic (exact) mass is 292 g/mol. The van der Waals surface area contributed by atoms with Crippen LogP contribution in [0.5, 0.6) is 0 Å². The van der Waals surface area contributed by atoms with Gasteiger partial charge in [-0.15, -0.1) is 0 Å². The highest BCUT2D eigenvalue weighted by molar-refractivity contribution is 5.82. The van der Waals surface area contributed by atoms with Crippen molar-refractivity contribution in [1.29, 1.82) is 0 Å². The summed E-state index contributed by atoms with van der Waals surface area (Å²) in [5.74, 6) is -0.0968. The SMILES string of the molecule is CC1CN(C(=O)[C@@H]2CCCN2)CC(c2ccc(F)cc2)O1. The Bertz CT molecular complexity index is 500. The average molecular weight is 292 g/mol. The molecule has 2 unspecified atom stereocenters. The van der Waals surface area contributed by atoms with E-state index in [1.807, 2.05) is 11.8 Å². The minimum absolute atomic E-state index is 0.0147. The molecule has 2 saturated heterocycles. The van der Waals surface area contributed by atoms with Gasteiger partial charge in [0.15, 0.2) is 0 Å². The molecule has 114 valence electrons. The van der Waals surface area contributed by atoms with Crippen molar-refractivity contribution < 1.29 is 13.9 Å². The molecule has 5 heteroatoms. The molecule has 1 N–H and O–H groups in total. The summed E-state index contributed by atoms with van der Waals surface area (Å²) in [6.45, 7) is 4.04. The second-order valence-corrected chi connectivity index (χ2v) is 5.88. The van der Waals surface area contributed by atoms with Crippen LogP contribution in [0.1, 0.15) is 31.4 Å². The average Bonchev–Trinajstić information content (AvgIpc) is 3.00. The molecule has 2 aliphatic rings. The van der Waals surface area contributed by atoms with Crippen LogP contribution in [0.3, 0.4) is 0 Å². The van der Waals surface area contributed by atoms with Crippen LogP contribution in [0.25, 0.3) is 0 Å². The summed E-state index contributed by atoms with van der Waals surface area (Å²) in [5, 5.41) is 3.25. The van der Waals surface area contributed by atoms with Crippen LogP contribution in [-0.4, -0.2) is 42.6 Å². The fourth-order valence-corrected chi connectivity index (χ4v) is 3.11. The number of ether oxygens (including phenoxy) is 1. The van der Waals surface area contributed by atoms with Crippen molar-refractivity contribution >= 4 is 5.91 Å². The molecule has 3 atom stereocenters. The molecule has 0 aromatic heterocycles. The highest BCUT2D eigenvalue weighted by Crippen LogP contribution is 2.26. The van der Waals surface area contributed by atoms with Gasteiger partial charge in [-0.2, -0.15) is 0 Å². The van der Waals surface area contributed by atoms with E-state index in [2.05, 4.69) is 5.32 Å². The number of nitrogens with one attached hydrogen (secondary N) is 1. The number of morpholine rings is 1. The van der Waals surface area contributed by atoms with Crippen LogP contribution in [0.2, 0.25) is 0 Å². The number of nitrogens with zero attached hydrogens (tertiary/aromatic N) is 1. The standard InChI is InChI=1S/C16H21FN2O2/c1-11-9-19(16(20)14-3-2-8-18-14)10-15(21-11)12-4-6-13(17)7-5-12/h4-7,11,14-15,18H,2-3,8-10H2,1H3/t11?,14-,15?/m0/s1. The highest BCUT2D eigenvalue weighted by atomic mass is 19.1. The molecule has 1 aromatic rings. The lowest BCUT2D eigenvalue weighted by molar-refractivity contribution is -0.146. The highest BCUT2D eigenvalue weighted by Gasteiger charge is 2.33. The molecule has 1 amide bonds. The second kappa shape index (κ2) is 6.12. The van der Waals surface area contributed by atoms with Crippen molar-refractivity contribution in [2.45, 2.75) is 38.0 Å². The molecule has 21 heavy (non-hydrogen) atoms. The number of carbonyl (C=O) groups excluding carboxylic acids is 1. The fourth-order valence-electron chi connectivity index (χ4n) is 3.11. The van der Waals surface area contributed by atoms with Gasteiger partial charge in [-0.1, -0.05) is 12.1 Å². The third-order valence-electron chi connectivity index (χ3n) is 4.17. The number of hydrogen-bond acceptors (Lipinski definition) is 3. The minimum atomic E-state index is -0.259. The van der Waals surface area contributed by atoms with Crippen molar-refractivity contribution in [3.8, 4) is 0 Å². The van der Waals surface area contributed by atoms with Crippen LogP contribution >= 0.6 is 0 Å². The van der Waals surface area contributed by atoms with Crippen molar-refractivity contribution in [3.63, 3.8) is 0 Å².